The zero-order valence-electron chi connectivity index (χ0n) is 17.4. The van der Waals surface area contributed by atoms with Crippen LogP contribution in [0.15, 0.2) is 46.9 Å². The predicted octanol–water partition coefficient (Wildman–Crippen LogP) is 4.97. The topological polar surface area (TPSA) is 77.8 Å². The summed E-state index contributed by atoms with van der Waals surface area (Å²) in [6, 6.07) is 12.7. The van der Waals surface area contributed by atoms with Crippen molar-refractivity contribution in [2.24, 2.45) is 0 Å². The minimum Gasteiger partial charge on any atom is -0.461 e. The molecule has 0 bridgehead atoms. The number of hydrogen-bond donors (Lipinski definition) is 1. The van der Waals surface area contributed by atoms with Crippen molar-refractivity contribution in [3.8, 4) is 0 Å². The maximum Gasteiger partial charge on any atom is 0.408 e. The molecular formula is C23H27NO5. The molecule has 154 valence electrons. The third-order valence-corrected chi connectivity index (χ3v) is 4.24. The lowest BCUT2D eigenvalue weighted by Gasteiger charge is -2.23. The van der Waals surface area contributed by atoms with Crippen LogP contribution in [0.25, 0.3) is 21.9 Å². The third-order valence-electron chi connectivity index (χ3n) is 4.24. The van der Waals surface area contributed by atoms with Crippen molar-refractivity contribution in [1.82, 2.24) is 5.32 Å². The standard InChI is InChI=1S/C23H27NO5/c1-14(2)27-21(25)18(24-22(26)29-23(3,4)5)13-15-9-8-11-17-16-10-6-7-12-19(16)28-20(15)17/h6-12,14,18H,13H2,1-5H3,(H,24,26)/t18-/m1/s1. The summed E-state index contributed by atoms with van der Waals surface area (Å²) in [5, 5.41) is 4.62. The van der Waals surface area contributed by atoms with Crippen LogP contribution in [0.2, 0.25) is 0 Å². The minimum atomic E-state index is -0.897. The fourth-order valence-corrected chi connectivity index (χ4v) is 3.14. The number of esters is 1. The highest BCUT2D eigenvalue weighted by atomic mass is 16.6. The molecule has 29 heavy (non-hydrogen) atoms. The third kappa shape index (κ3) is 5.08. The van der Waals surface area contributed by atoms with Gasteiger partial charge in [0.2, 0.25) is 0 Å². The second-order valence-corrected chi connectivity index (χ2v) is 8.28. The number of ether oxygens (including phenoxy) is 2. The summed E-state index contributed by atoms with van der Waals surface area (Å²) >= 11 is 0. The van der Waals surface area contributed by atoms with Crippen molar-refractivity contribution < 1.29 is 23.5 Å². The van der Waals surface area contributed by atoms with E-state index in [1.54, 1.807) is 34.6 Å². The number of rotatable bonds is 5. The van der Waals surface area contributed by atoms with Crippen LogP contribution < -0.4 is 5.32 Å². The summed E-state index contributed by atoms with van der Waals surface area (Å²) < 4.78 is 16.7. The maximum atomic E-state index is 12.6. The van der Waals surface area contributed by atoms with E-state index in [-0.39, 0.29) is 12.5 Å². The Bertz CT molecular complexity index is 1030. The molecule has 6 nitrogen and oxygen atoms in total. The van der Waals surface area contributed by atoms with Crippen molar-refractivity contribution in [2.45, 2.75) is 58.8 Å². The first-order valence-electron chi connectivity index (χ1n) is 9.73. The molecule has 1 N–H and O–H groups in total. The van der Waals surface area contributed by atoms with E-state index in [0.717, 1.165) is 21.9 Å². The Balaban J connectivity index is 1.92. The summed E-state index contributed by atoms with van der Waals surface area (Å²) in [4.78, 5) is 24.9. The van der Waals surface area contributed by atoms with Crippen LogP contribution in [0, 0.1) is 0 Å². The Morgan fingerprint density at radius 1 is 1.03 bits per heavy atom. The number of hydrogen-bond acceptors (Lipinski definition) is 5. The molecule has 0 saturated carbocycles. The Hall–Kier alpha value is -3.02. The first-order valence-corrected chi connectivity index (χ1v) is 9.73. The molecule has 1 aromatic heterocycles. The molecule has 0 aliphatic carbocycles. The molecule has 0 radical (unpaired) electrons. The molecule has 0 spiro atoms. The van der Waals surface area contributed by atoms with E-state index in [2.05, 4.69) is 5.32 Å². The van der Waals surface area contributed by atoms with Gasteiger partial charge in [-0.1, -0.05) is 36.4 Å². The molecule has 3 aromatic rings. The zero-order valence-corrected chi connectivity index (χ0v) is 17.4. The number of benzene rings is 2. The highest BCUT2D eigenvalue weighted by Crippen LogP contribution is 2.31. The lowest BCUT2D eigenvalue weighted by atomic mass is 10.0. The number of para-hydroxylation sites is 2. The first-order chi connectivity index (χ1) is 13.6. The largest absolute Gasteiger partial charge is 0.461 e. The lowest BCUT2D eigenvalue weighted by molar-refractivity contribution is -0.149. The highest BCUT2D eigenvalue weighted by molar-refractivity contribution is 6.05. The summed E-state index contributed by atoms with van der Waals surface area (Å²) in [6.07, 6.45) is -0.741. The van der Waals surface area contributed by atoms with Crippen molar-refractivity contribution >= 4 is 34.0 Å². The molecule has 3 rings (SSSR count). The van der Waals surface area contributed by atoms with Crippen LogP contribution in [0.1, 0.15) is 40.2 Å². The van der Waals surface area contributed by atoms with E-state index in [1.165, 1.54) is 0 Å². The van der Waals surface area contributed by atoms with Crippen LogP contribution in [-0.4, -0.2) is 29.8 Å². The van der Waals surface area contributed by atoms with Gasteiger partial charge in [-0.05, 0) is 46.2 Å². The Morgan fingerprint density at radius 2 is 1.72 bits per heavy atom. The molecule has 2 aromatic carbocycles. The Morgan fingerprint density at radius 3 is 2.41 bits per heavy atom. The number of amides is 1. The van der Waals surface area contributed by atoms with Crippen molar-refractivity contribution in [1.29, 1.82) is 0 Å². The Kier molecular flexibility index (Phi) is 5.82. The van der Waals surface area contributed by atoms with E-state index in [9.17, 15) is 9.59 Å². The second kappa shape index (κ2) is 8.15. The summed E-state index contributed by atoms with van der Waals surface area (Å²) in [6.45, 7) is 8.83. The molecule has 0 saturated heterocycles. The van der Waals surface area contributed by atoms with E-state index in [0.29, 0.717) is 5.58 Å². The lowest BCUT2D eigenvalue weighted by Crippen LogP contribution is -2.46. The summed E-state index contributed by atoms with van der Waals surface area (Å²) in [7, 11) is 0. The quantitative estimate of drug-likeness (QED) is 0.615. The summed E-state index contributed by atoms with van der Waals surface area (Å²) in [5.41, 5.74) is 1.61. The van der Waals surface area contributed by atoms with Gasteiger partial charge in [-0.2, -0.15) is 0 Å². The molecule has 0 aliphatic rings. The molecule has 1 heterocycles. The number of carbonyl (C=O) groups excluding carboxylic acids is 2. The van der Waals surface area contributed by atoms with E-state index >= 15 is 0 Å². The Labute approximate surface area is 170 Å². The first kappa shape index (κ1) is 20.7. The fraction of sp³-hybridized carbons (Fsp3) is 0.391. The number of furan rings is 1. The number of alkyl carbamates (subject to hydrolysis) is 1. The van der Waals surface area contributed by atoms with E-state index in [4.69, 9.17) is 13.9 Å². The van der Waals surface area contributed by atoms with Gasteiger partial charge in [-0.3, -0.25) is 0 Å². The number of nitrogens with one attached hydrogen (secondary N) is 1. The average molecular weight is 397 g/mol. The van der Waals surface area contributed by atoms with Crippen LogP contribution in [0.4, 0.5) is 4.79 Å². The van der Waals surface area contributed by atoms with Gasteiger partial charge in [0.1, 0.15) is 22.8 Å². The van der Waals surface area contributed by atoms with Crippen LogP contribution in [0.5, 0.6) is 0 Å². The van der Waals surface area contributed by atoms with Crippen molar-refractivity contribution in [2.75, 3.05) is 0 Å². The average Bonchev–Trinajstić information content (AvgIpc) is 2.99. The SMILES string of the molecule is CC(C)OC(=O)[C@@H](Cc1cccc2c1oc1ccccc12)NC(=O)OC(C)(C)C. The van der Waals surface area contributed by atoms with Crippen LogP contribution in [0.3, 0.4) is 0 Å². The normalized spacial score (nSPS) is 12.9. The van der Waals surface area contributed by atoms with Gasteiger partial charge >= 0.3 is 12.1 Å². The van der Waals surface area contributed by atoms with Gasteiger partial charge in [0.15, 0.2) is 0 Å². The molecule has 0 aliphatic heterocycles. The van der Waals surface area contributed by atoms with Gasteiger partial charge in [0.05, 0.1) is 6.10 Å². The van der Waals surface area contributed by atoms with Crippen molar-refractivity contribution in [3.63, 3.8) is 0 Å². The minimum absolute atomic E-state index is 0.224. The molecular weight excluding hydrogens is 370 g/mol. The molecule has 6 heteroatoms. The van der Waals surface area contributed by atoms with E-state index in [1.807, 2.05) is 42.5 Å². The van der Waals surface area contributed by atoms with Gasteiger partial charge in [-0.15, -0.1) is 0 Å². The fourth-order valence-electron chi connectivity index (χ4n) is 3.14. The van der Waals surface area contributed by atoms with Crippen molar-refractivity contribution in [3.05, 3.63) is 48.0 Å². The zero-order chi connectivity index (χ0) is 21.2. The summed E-state index contributed by atoms with van der Waals surface area (Å²) in [5.74, 6) is -0.515. The van der Waals surface area contributed by atoms with Gasteiger partial charge in [0.25, 0.3) is 0 Å². The molecule has 0 fully saturated rings. The van der Waals surface area contributed by atoms with Gasteiger partial charge < -0.3 is 19.2 Å². The smallest absolute Gasteiger partial charge is 0.408 e. The van der Waals surface area contributed by atoms with Crippen LogP contribution >= 0.6 is 0 Å². The second-order valence-electron chi connectivity index (χ2n) is 8.28. The van der Waals surface area contributed by atoms with Gasteiger partial charge in [-0.25, -0.2) is 9.59 Å². The number of fused-ring (bicyclic) bond motifs is 3. The molecule has 1 amide bonds. The molecule has 0 unspecified atom stereocenters. The van der Waals surface area contributed by atoms with Gasteiger partial charge in [0, 0.05) is 17.2 Å². The highest BCUT2D eigenvalue weighted by Gasteiger charge is 2.27. The van der Waals surface area contributed by atoms with Crippen LogP contribution in [-0.2, 0) is 20.7 Å². The monoisotopic (exact) mass is 397 g/mol. The number of carbonyl (C=O) groups is 2. The molecule has 1 atom stereocenters. The predicted molar refractivity (Wildman–Crippen MR) is 112 cm³/mol. The van der Waals surface area contributed by atoms with E-state index < -0.39 is 23.7 Å². The maximum absolute atomic E-state index is 12.6.